The molecule has 268 valence electrons. The lowest BCUT2D eigenvalue weighted by molar-refractivity contribution is 0.0350. The van der Waals surface area contributed by atoms with Crippen molar-refractivity contribution in [1.82, 2.24) is 19.9 Å². The summed E-state index contributed by atoms with van der Waals surface area (Å²) in [6, 6.07) is 20.1. The molecule has 1 saturated carbocycles. The maximum absolute atomic E-state index is 14.7. The molecule has 0 radical (unpaired) electrons. The predicted molar refractivity (Wildman–Crippen MR) is 199 cm³/mol. The Morgan fingerprint density at radius 1 is 0.961 bits per heavy atom. The highest BCUT2D eigenvalue weighted by atomic mass is 32.2. The fourth-order valence-corrected chi connectivity index (χ4v) is 9.04. The molecule has 1 amide bonds. The van der Waals surface area contributed by atoms with Gasteiger partial charge in [0.2, 0.25) is 11.8 Å². The number of aryl methyl sites for hydroxylation is 2. The van der Waals surface area contributed by atoms with Crippen LogP contribution in [0.4, 0.5) is 11.8 Å². The number of carbonyl (C=O) groups excluding carboxylic acids is 1. The molecule has 0 spiro atoms. The van der Waals surface area contributed by atoms with Gasteiger partial charge in [-0.1, -0.05) is 57.5 Å². The Labute approximate surface area is 301 Å². The Balaban J connectivity index is 1.33. The molecule has 1 N–H and O–H groups in total. The number of pyridine rings is 1. The SMILES string of the molecule is Cc1cccc(C)c1-c1cc2nc(n1)NS(=O)(=O)c1cccc(c1)C(=O)N(Cc1cccc(N3CCC[C@H]3C(C)C)n1)[C@H](CC1(C)CCC1)CO2. The molecule has 11 heteroatoms. The fourth-order valence-electron chi connectivity index (χ4n) is 8.05. The Bertz CT molecular complexity index is 2030. The largest absolute Gasteiger partial charge is 0.475 e. The number of ether oxygens (including phenoxy) is 1. The summed E-state index contributed by atoms with van der Waals surface area (Å²) in [6.07, 6.45) is 6.26. The lowest BCUT2D eigenvalue weighted by Gasteiger charge is -2.43. The van der Waals surface area contributed by atoms with Crippen LogP contribution in [0, 0.1) is 25.2 Å². The van der Waals surface area contributed by atoms with Gasteiger partial charge in [-0.2, -0.15) is 4.98 Å². The van der Waals surface area contributed by atoms with Crippen LogP contribution < -0.4 is 14.4 Å². The Kier molecular flexibility index (Phi) is 9.52. The van der Waals surface area contributed by atoms with E-state index in [2.05, 4.69) is 46.4 Å². The summed E-state index contributed by atoms with van der Waals surface area (Å²) in [5.41, 5.74) is 4.52. The molecule has 7 rings (SSSR count). The zero-order valence-electron chi connectivity index (χ0n) is 30.2. The zero-order chi connectivity index (χ0) is 35.9. The van der Waals surface area contributed by atoms with E-state index < -0.39 is 10.0 Å². The predicted octanol–water partition coefficient (Wildman–Crippen LogP) is 7.56. The lowest BCUT2D eigenvalue weighted by Crippen LogP contribution is -2.47. The van der Waals surface area contributed by atoms with Crippen molar-refractivity contribution in [3.8, 4) is 17.1 Å². The number of nitrogens with zero attached hydrogens (tertiary/aromatic N) is 5. The van der Waals surface area contributed by atoms with E-state index in [1.807, 2.05) is 49.1 Å². The van der Waals surface area contributed by atoms with Crippen LogP contribution in [-0.4, -0.2) is 59.4 Å². The number of anilines is 2. The number of hydrogen-bond donors (Lipinski definition) is 1. The van der Waals surface area contributed by atoms with Crippen molar-refractivity contribution >= 4 is 27.7 Å². The molecule has 2 aromatic carbocycles. The Hall–Kier alpha value is -4.51. The first-order valence-corrected chi connectivity index (χ1v) is 19.6. The van der Waals surface area contributed by atoms with E-state index >= 15 is 0 Å². The molecule has 3 aliphatic rings. The minimum absolute atomic E-state index is 0.0445. The fraction of sp³-hybridized carbons (Fsp3) is 0.450. The number of aromatic nitrogens is 3. The summed E-state index contributed by atoms with van der Waals surface area (Å²) >= 11 is 0. The quantitative estimate of drug-likeness (QED) is 0.209. The Morgan fingerprint density at radius 3 is 2.43 bits per heavy atom. The average Bonchev–Trinajstić information content (AvgIpc) is 3.59. The number of carbonyl (C=O) groups is 1. The van der Waals surface area contributed by atoms with Crippen LogP contribution in [0.15, 0.2) is 71.6 Å². The van der Waals surface area contributed by atoms with Gasteiger partial charge in [-0.05, 0) is 98.7 Å². The minimum atomic E-state index is -4.16. The van der Waals surface area contributed by atoms with Gasteiger partial charge in [0.15, 0.2) is 0 Å². The van der Waals surface area contributed by atoms with E-state index in [1.54, 1.807) is 18.2 Å². The number of hydrogen-bond acceptors (Lipinski definition) is 8. The van der Waals surface area contributed by atoms with Gasteiger partial charge in [0.25, 0.3) is 15.9 Å². The van der Waals surface area contributed by atoms with Gasteiger partial charge < -0.3 is 14.5 Å². The highest BCUT2D eigenvalue weighted by Crippen LogP contribution is 2.45. The first-order chi connectivity index (χ1) is 24.4. The van der Waals surface area contributed by atoms with Crippen molar-refractivity contribution in [3.05, 3.63) is 89.1 Å². The maximum atomic E-state index is 14.7. The summed E-state index contributed by atoms with van der Waals surface area (Å²) < 4.78 is 36.7. The molecule has 2 atom stereocenters. The smallest absolute Gasteiger partial charge is 0.264 e. The number of sulfonamides is 1. The van der Waals surface area contributed by atoms with Gasteiger partial charge in [-0.15, -0.1) is 0 Å². The number of amides is 1. The third kappa shape index (κ3) is 7.31. The standard InChI is InChI=1S/C40H48N6O4S/c1-26(2)34-16-9-20-45(34)35-17-8-14-30(41-35)24-46-31(23-40(5)18-10-19-40)25-50-36-22-33(37-27(3)11-6-12-28(37)4)42-39(43-36)44-51(48,49)32-15-7-13-29(21-32)38(46)47/h6-8,11-15,17,21-22,26,31,34H,9-10,16,18-20,23-25H2,1-5H3,(H,42,43,44)/t31-,34+/m1/s1. The van der Waals surface area contributed by atoms with Gasteiger partial charge in [-0.3, -0.25) is 4.79 Å². The van der Waals surface area contributed by atoms with Crippen molar-refractivity contribution in [1.29, 1.82) is 0 Å². The maximum Gasteiger partial charge on any atom is 0.264 e. The van der Waals surface area contributed by atoms with E-state index in [1.165, 1.54) is 12.1 Å². The third-order valence-corrected chi connectivity index (χ3v) is 12.3. The second-order valence-electron chi connectivity index (χ2n) is 15.2. The average molecular weight is 709 g/mol. The summed E-state index contributed by atoms with van der Waals surface area (Å²) in [6.45, 7) is 12.1. The van der Waals surface area contributed by atoms with Crippen LogP contribution in [0.5, 0.6) is 5.88 Å². The van der Waals surface area contributed by atoms with E-state index in [9.17, 15) is 13.2 Å². The van der Waals surface area contributed by atoms with Crippen molar-refractivity contribution in [3.63, 3.8) is 0 Å². The molecule has 2 fully saturated rings. The van der Waals surface area contributed by atoms with Crippen LogP contribution in [0.25, 0.3) is 11.3 Å². The summed E-state index contributed by atoms with van der Waals surface area (Å²) in [5, 5.41) is 0. The van der Waals surface area contributed by atoms with Crippen molar-refractivity contribution in [2.45, 2.75) is 96.7 Å². The molecular formula is C40H48N6O4S. The molecule has 1 aliphatic carbocycles. The van der Waals surface area contributed by atoms with Gasteiger partial charge in [0.05, 0.1) is 28.9 Å². The topological polar surface area (TPSA) is 118 Å². The van der Waals surface area contributed by atoms with Crippen LogP contribution in [-0.2, 0) is 16.6 Å². The number of fused-ring (bicyclic) bond motifs is 4. The summed E-state index contributed by atoms with van der Waals surface area (Å²) in [5.74, 6) is 1.29. The normalized spacial score (nSPS) is 21.2. The van der Waals surface area contributed by atoms with E-state index in [0.29, 0.717) is 17.7 Å². The molecule has 1 saturated heterocycles. The molecule has 10 nitrogen and oxygen atoms in total. The number of benzene rings is 2. The first kappa shape index (κ1) is 34.9. The highest BCUT2D eigenvalue weighted by molar-refractivity contribution is 7.92. The van der Waals surface area contributed by atoms with Crippen molar-refractivity contribution in [2.75, 3.05) is 22.8 Å². The van der Waals surface area contributed by atoms with Crippen LogP contribution in [0.1, 0.15) is 86.5 Å². The van der Waals surface area contributed by atoms with Crippen molar-refractivity contribution in [2.24, 2.45) is 11.3 Å². The van der Waals surface area contributed by atoms with Crippen molar-refractivity contribution < 1.29 is 17.9 Å². The van der Waals surface area contributed by atoms with Gasteiger partial charge >= 0.3 is 0 Å². The van der Waals surface area contributed by atoms with Crippen LogP contribution in [0.3, 0.4) is 0 Å². The molecule has 0 unspecified atom stereocenters. The summed E-state index contributed by atoms with van der Waals surface area (Å²) in [7, 11) is -4.16. The summed E-state index contributed by atoms with van der Waals surface area (Å²) in [4.78, 5) is 33.2. The third-order valence-electron chi connectivity index (χ3n) is 11.0. The molecule has 4 aromatic rings. The van der Waals surface area contributed by atoms with E-state index in [4.69, 9.17) is 9.72 Å². The molecule has 2 aliphatic heterocycles. The van der Waals surface area contributed by atoms with Gasteiger partial charge in [0, 0.05) is 29.8 Å². The Morgan fingerprint density at radius 2 is 1.71 bits per heavy atom. The molecule has 51 heavy (non-hydrogen) atoms. The van der Waals surface area contributed by atoms with Crippen LogP contribution >= 0.6 is 0 Å². The zero-order valence-corrected chi connectivity index (χ0v) is 31.0. The highest BCUT2D eigenvalue weighted by Gasteiger charge is 2.39. The molecule has 2 aromatic heterocycles. The van der Waals surface area contributed by atoms with Gasteiger partial charge in [0.1, 0.15) is 12.4 Å². The second-order valence-corrected chi connectivity index (χ2v) is 16.9. The number of rotatable bonds is 7. The van der Waals surface area contributed by atoms with Crippen LogP contribution in [0.2, 0.25) is 0 Å². The number of nitrogens with one attached hydrogen (secondary N) is 1. The molecule has 4 heterocycles. The first-order valence-electron chi connectivity index (χ1n) is 18.1. The second kappa shape index (κ2) is 13.9. The minimum Gasteiger partial charge on any atom is -0.475 e. The molecule has 4 bridgehead atoms. The lowest BCUT2D eigenvalue weighted by atomic mass is 9.67. The van der Waals surface area contributed by atoms with E-state index in [-0.39, 0.29) is 52.8 Å². The van der Waals surface area contributed by atoms with E-state index in [0.717, 1.165) is 73.3 Å². The monoisotopic (exact) mass is 708 g/mol. The molecular weight excluding hydrogens is 661 g/mol. The van der Waals surface area contributed by atoms with Gasteiger partial charge in [-0.25, -0.2) is 23.1 Å².